The molecule has 2 nitrogen and oxygen atoms in total. The van der Waals surface area contributed by atoms with Crippen molar-refractivity contribution in [2.75, 3.05) is 7.05 Å². The van der Waals surface area contributed by atoms with E-state index in [4.69, 9.17) is 27.9 Å². The Labute approximate surface area is 151 Å². The van der Waals surface area contributed by atoms with Crippen molar-refractivity contribution in [1.82, 2.24) is 5.32 Å². The third kappa shape index (κ3) is 4.60. The highest BCUT2D eigenvalue weighted by Gasteiger charge is 2.10. The van der Waals surface area contributed by atoms with E-state index in [0.29, 0.717) is 16.7 Å². The number of hydrogen-bond donors (Lipinski definition) is 1. The van der Waals surface area contributed by atoms with Gasteiger partial charge < -0.3 is 10.1 Å². The maximum absolute atomic E-state index is 6.15. The normalized spacial score (nSPS) is 10.7. The molecule has 0 heterocycles. The minimum Gasteiger partial charge on any atom is -0.486 e. The van der Waals surface area contributed by atoms with Crippen molar-refractivity contribution < 1.29 is 4.74 Å². The van der Waals surface area contributed by atoms with Crippen LogP contribution in [-0.2, 0) is 13.2 Å². The third-order valence-electron chi connectivity index (χ3n) is 2.83. The van der Waals surface area contributed by atoms with Gasteiger partial charge in [-0.25, -0.2) is 0 Å². The lowest BCUT2D eigenvalue weighted by Crippen LogP contribution is -2.05. The molecule has 21 heavy (non-hydrogen) atoms. The van der Waals surface area contributed by atoms with Gasteiger partial charge in [-0.3, -0.25) is 0 Å². The lowest BCUT2D eigenvalue weighted by molar-refractivity contribution is 0.302. The fourth-order valence-electron chi connectivity index (χ4n) is 1.85. The number of nitrogens with one attached hydrogen (secondary N) is 1. The van der Waals surface area contributed by atoms with E-state index in [9.17, 15) is 0 Å². The Morgan fingerprint density at radius 2 is 1.76 bits per heavy atom. The largest absolute Gasteiger partial charge is 0.486 e. The summed E-state index contributed by atoms with van der Waals surface area (Å²) in [6.07, 6.45) is 0. The van der Waals surface area contributed by atoms with Crippen LogP contribution < -0.4 is 10.1 Å². The van der Waals surface area contributed by atoms with Gasteiger partial charge in [0.1, 0.15) is 12.4 Å². The Hall–Kier alpha value is -0.260. The molecule has 0 spiro atoms. The van der Waals surface area contributed by atoms with Crippen molar-refractivity contribution in [2.45, 2.75) is 13.2 Å². The Bertz CT molecular complexity index is 627. The molecule has 0 unspecified atom stereocenters. The third-order valence-corrected chi connectivity index (χ3v) is 4.59. The fraction of sp³-hybridized carbons (Fsp3) is 0.200. The van der Waals surface area contributed by atoms with E-state index in [-0.39, 0.29) is 0 Å². The number of hydrogen-bond acceptors (Lipinski definition) is 2. The predicted molar refractivity (Wildman–Crippen MR) is 95.4 cm³/mol. The van der Waals surface area contributed by atoms with Crippen molar-refractivity contribution in [1.29, 1.82) is 0 Å². The van der Waals surface area contributed by atoms with Gasteiger partial charge in [0.05, 0.1) is 8.95 Å². The topological polar surface area (TPSA) is 21.3 Å². The van der Waals surface area contributed by atoms with Gasteiger partial charge in [-0.2, -0.15) is 0 Å². The van der Waals surface area contributed by atoms with Crippen molar-refractivity contribution in [3.63, 3.8) is 0 Å². The first-order chi connectivity index (χ1) is 10.0. The van der Waals surface area contributed by atoms with Crippen LogP contribution in [0.4, 0.5) is 0 Å². The summed E-state index contributed by atoms with van der Waals surface area (Å²) < 4.78 is 7.66. The van der Waals surface area contributed by atoms with Crippen molar-refractivity contribution in [3.8, 4) is 5.75 Å². The summed E-state index contributed by atoms with van der Waals surface area (Å²) in [5.41, 5.74) is 2.05. The molecule has 0 aromatic heterocycles. The standard InChI is InChI=1S/C15H13Br2Cl2NO/c1-20-7-9-4-12(16)15(13(17)5-9)21-8-10-2-3-11(18)6-14(10)19/h2-6,20H,7-8H2,1H3. The van der Waals surface area contributed by atoms with Gasteiger partial charge in [0, 0.05) is 22.2 Å². The minimum atomic E-state index is 0.374. The Morgan fingerprint density at radius 3 is 2.33 bits per heavy atom. The molecule has 1 N–H and O–H groups in total. The first kappa shape index (κ1) is 17.1. The van der Waals surface area contributed by atoms with E-state index < -0.39 is 0 Å². The molecule has 6 heteroatoms. The zero-order valence-corrected chi connectivity index (χ0v) is 15.9. The van der Waals surface area contributed by atoms with Crippen molar-refractivity contribution in [2.24, 2.45) is 0 Å². The van der Waals surface area contributed by atoms with Gasteiger partial charge in [0.25, 0.3) is 0 Å². The lowest BCUT2D eigenvalue weighted by Gasteiger charge is -2.13. The van der Waals surface area contributed by atoms with Gasteiger partial charge in [0.2, 0.25) is 0 Å². The molecule has 2 aromatic rings. The van der Waals surface area contributed by atoms with E-state index >= 15 is 0 Å². The van der Waals surface area contributed by atoms with Crippen LogP contribution in [0.25, 0.3) is 0 Å². The first-order valence-electron chi connectivity index (χ1n) is 6.20. The molecular formula is C15H13Br2Cl2NO. The number of benzene rings is 2. The molecule has 0 fully saturated rings. The molecule has 0 saturated heterocycles. The summed E-state index contributed by atoms with van der Waals surface area (Å²) in [5, 5.41) is 4.33. The summed E-state index contributed by atoms with van der Waals surface area (Å²) >= 11 is 19.1. The number of rotatable bonds is 5. The highest BCUT2D eigenvalue weighted by Crippen LogP contribution is 2.35. The maximum Gasteiger partial charge on any atom is 0.148 e. The van der Waals surface area contributed by atoms with Crippen LogP contribution in [-0.4, -0.2) is 7.05 Å². The monoisotopic (exact) mass is 451 g/mol. The Balaban J connectivity index is 2.16. The SMILES string of the molecule is CNCc1cc(Br)c(OCc2ccc(Cl)cc2Cl)c(Br)c1. The summed E-state index contributed by atoms with van der Waals surface area (Å²) in [4.78, 5) is 0. The second kappa shape index (κ2) is 7.84. The number of halogens is 4. The zero-order chi connectivity index (χ0) is 15.4. The van der Waals surface area contributed by atoms with E-state index in [2.05, 4.69) is 37.2 Å². The van der Waals surface area contributed by atoms with Crippen molar-refractivity contribution >= 4 is 55.1 Å². The van der Waals surface area contributed by atoms with Crippen LogP contribution in [0.5, 0.6) is 5.75 Å². The van der Waals surface area contributed by atoms with Crippen LogP contribution in [0.1, 0.15) is 11.1 Å². The van der Waals surface area contributed by atoms with Gasteiger partial charge in [-0.05, 0) is 68.7 Å². The molecule has 0 aliphatic heterocycles. The highest BCUT2D eigenvalue weighted by atomic mass is 79.9. The van der Waals surface area contributed by atoms with E-state index in [1.54, 1.807) is 12.1 Å². The summed E-state index contributed by atoms with van der Waals surface area (Å²) in [6.45, 7) is 1.17. The molecule has 0 amide bonds. The molecule has 112 valence electrons. The quantitative estimate of drug-likeness (QED) is 0.616. The Kier molecular flexibility index (Phi) is 6.38. The number of ether oxygens (including phenoxy) is 1. The van der Waals surface area contributed by atoms with Crippen LogP contribution >= 0.6 is 55.1 Å². The molecule has 0 atom stereocenters. The molecule has 0 aliphatic rings. The first-order valence-corrected chi connectivity index (χ1v) is 8.54. The second-order valence-corrected chi connectivity index (χ2v) is 7.00. The van der Waals surface area contributed by atoms with E-state index in [0.717, 1.165) is 32.4 Å². The smallest absolute Gasteiger partial charge is 0.148 e. The molecule has 2 rings (SSSR count). The molecule has 0 saturated carbocycles. The molecule has 0 radical (unpaired) electrons. The summed E-state index contributed by atoms with van der Waals surface area (Å²) in [7, 11) is 1.91. The maximum atomic E-state index is 6.15. The van der Waals surface area contributed by atoms with Gasteiger partial charge in [0.15, 0.2) is 0 Å². The second-order valence-electron chi connectivity index (χ2n) is 4.44. The van der Waals surface area contributed by atoms with E-state index in [1.165, 1.54) is 0 Å². The predicted octanol–water partition coefficient (Wildman–Crippen LogP) is 5.82. The molecular weight excluding hydrogens is 441 g/mol. The fourth-order valence-corrected chi connectivity index (χ4v) is 3.82. The Morgan fingerprint density at radius 1 is 1.10 bits per heavy atom. The molecule has 0 aliphatic carbocycles. The van der Waals surface area contributed by atoms with E-state index in [1.807, 2.05) is 25.2 Å². The highest BCUT2D eigenvalue weighted by molar-refractivity contribution is 9.11. The van der Waals surface area contributed by atoms with Crippen molar-refractivity contribution in [3.05, 3.63) is 60.4 Å². The van der Waals surface area contributed by atoms with Gasteiger partial charge in [-0.1, -0.05) is 29.3 Å². The summed E-state index contributed by atoms with van der Waals surface area (Å²) in [5.74, 6) is 0.751. The molecule has 0 bridgehead atoms. The van der Waals surface area contributed by atoms with Gasteiger partial charge >= 0.3 is 0 Å². The lowest BCUT2D eigenvalue weighted by atomic mass is 10.2. The van der Waals surface area contributed by atoms with Crippen LogP contribution in [0.15, 0.2) is 39.3 Å². The van der Waals surface area contributed by atoms with Crippen LogP contribution in [0, 0.1) is 0 Å². The van der Waals surface area contributed by atoms with Crippen LogP contribution in [0.2, 0.25) is 10.0 Å². The average molecular weight is 454 g/mol. The molecule has 2 aromatic carbocycles. The zero-order valence-electron chi connectivity index (χ0n) is 11.2. The average Bonchev–Trinajstić information content (AvgIpc) is 2.40. The van der Waals surface area contributed by atoms with Crippen LogP contribution in [0.3, 0.4) is 0 Å². The van der Waals surface area contributed by atoms with Gasteiger partial charge in [-0.15, -0.1) is 0 Å². The minimum absolute atomic E-state index is 0.374. The summed E-state index contributed by atoms with van der Waals surface area (Å²) in [6, 6.07) is 9.43.